The van der Waals surface area contributed by atoms with Crippen LogP contribution in [-0.2, 0) is 0 Å². The van der Waals surface area contributed by atoms with E-state index in [1.54, 1.807) is 31.4 Å². The van der Waals surface area contributed by atoms with Crippen molar-refractivity contribution in [2.24, 2.45) is 10.9 Å². The smallest absolute Gasteiger partial charge is 0.272 e. The van der Waals surface area contributed by atoms with Crippen LogP contribution >= 0.6 is 0 Å². The van der Waals surface area contributed by atoms with E-state index in [9.17, 15) is 4.79 Å². The van der Waals surface area contributed by atoms with Crippen molar-refractivity contribution in [3.8, 4) is 0 Å². The van der Waals surface area contributed by atoms with E-state index >= 15 is 0 Å². The summed E-state index contributed by atoms with van der Waals surface area (Å²) in [5.74, 6) is -0.0954. The van der Waals surface area contributed by atoms with E-state index in [2.05, 4.69) is 10.1 Å². The zero-order valence-electron chi connectivity index (χ0n) is 9.87. The molecular formula is C11H16N4O2. The molecule has 0 radical (unpaired) electrons. The van der Waals surface area contributed by atoms with E-state index in [1.165, 1.54) is 4.90 Å². The topological polar surface area (TPSA) is 91.8 Å². The Morgan fingerprint density at radius 3 is 2.88 bits per heavy atom. The van der Waals surface area contributed by atoms with Gasteiger partial charge in [0.25, 0.3) is 5.91 Å². The Kier molecular flexibility index (Phi) is 4.45. The number of rotatable bonds is 4. The predicted molar refractivity (Wildman–Crippen MR) is 63.8 cm³/mol. The number of amidine groups is 1. The lowest BCUT2D eigenvalue weighted by molar-refractivity contribution is 0.0741. The second kappa shape index (κ2) is 5.83. The van der Waals surface area contributed by atoms with Crippen LogP contribution in [-0.4, -0.2) is 39.9 Å². The van der Waals surface area contributed by atoms with E-state index in [-0.39, 0.29) is 17.8 Å². The number of oxime groups is 1. The van der Waals surface area contributed by atoms with Crippen molar-refractivity contribution in [2.45, 2.75) is 19.4 Å². The van der Waals surface area contributed by atoms with Gasteiger partial charge in [-0.15, -0.1) is 0 Å². The van der Waals surface area contributed by atoms with Gasteiger partial charge in [0.1, 0.15) is 11.5 Å². The van der Waals surface area contributed by atoms with Gasteiger partial charge in [0.05, 0.1) is 0 Å². The van der Waals surface area contributed by atoms with Crippen molar-refractivity contribution in [3.63, 3.8) is 0 Å². The third-order valence-electron chi connectivity index (χ3n) is 2.50. The third-order valence-corrected chi connectivity index (χ3v) is 2.50. The maximum atomic E-state index is 12.0. The van der Waals surface area contributed by atoms with Gasteiger partial charge in [0, 0.05) is 25.7 Å². The summed E-state index contributed by atoms with van der Waals surface area (Å²) in [4.78, 5) is 17.5. The number of nitrogens with two attached hydrogens (primary N) is 1. The van der Waals surface area contributed by atoms with Gasteiger partial charge < -0.3 is 15.8 Å². The quantitative estimate of drug-likeness (QED) is 0.348. The van der Waals surface area contributed by atoms with Crippen LogP contribution in [0.25, 0.3) is 0 Å². The molecule has 6 heteroatoms. The highest BCUT2D eigenvalue weighted by atomic mass is 16.4. The molecule has 1 amide bonds. The van der Waals surface area contributed by atoms with Gasteiger partial charge in [-0.25, -0.2) is 0 Å². The van der Waals surface area contributed by atoms with Crippen molar-refractivity contribution in [1.82, 2.24) is 9.88 Å². The Hall–Kier alpha value is -2.11. The van der Waals surface area contributed by atoms with E-state index in [1.807, 2.05) is 6.92 Å². The Labute approximate surface area is 99.7 Å². The molecule has 1 aromatic rings. The summed E-state index contributed by atoms with van der Waals surface area (Å²) in [5.41, 5.74) is 5.77. The highest BCUT2D eigenvalue weighted by Crippen LogP contribution is 2.06. The summed E-state index contributed by atoms with van der Waals surface area (Å²) in [6, 6.07) is 4.98. The second-order valence-electron chi connectivity index (χ2n) is 3.78. The first-order chi connectivity index (χ1) is 8.06. The lowest BCUT2D eigenvalue weighted by Crippen LogP contribution is -2.38. The molecule has 1 atom stereocenters. The molecule has 0 bridgehead atoms. The van der Waals surface area contributed by atoms with Crippen LogP contribution in [0.1, 0.15) is 23.8 Å². The summed E-state index contributed by atoms with van der Waals surface area (Å²) in [5, 5.41) is 11.4. The van der Waals surface area contributed by atoms with E-state index < -0.39 is 0 Å². The molecule has 6 nitrogen and oxygen atoms in total. The van der Waals surface area contributed by atoms with Crippen molar-refractivity contribution in [3.05, 3.63) is 30.1 Å². The number of hydrogen-bond donors (Lipinski definition) is 2. The molecule has 0 saturated carbocycles. The van der Waals surface area contributed by atoms with Crippen LogP contribution < -0.4 is 5.73 Å². The predicted octanol–water partition coefficient (Wildman–Crippen LogP) is 0.679. The molecule has 1 aromatic heterocycles. The van der Waals surface area contributed by atoms with E-state index in [0.29, 0.717) is 12.1 Å². The van der Waals surface area contributed by atoms with Crippen LogP contribution in [0.3, 0.4) is 0 Å². The number of carbonyl (C=O) groups is 1. The molecule has 1 rings (SSSR count). The molecule has 0 aromatic carbocycles. The highest BCUT2D eigenvalue weighted by molar-refractivity contribution is 5.92. The Bertz CT molecular complexity index is 405. The molecular weight excluding hydrogens is 220 g/mol. The minimum absolute atomic E-state index is 0.0955. The maximum Gasteiger partial charge on any atom is 0.272 e. The van der Waals surface area contributed by atoms with Crippen molar-refractivity contribution >= 4 is 11.7 Å². The van der Waals surface area contributed by atoms with Crippen LogP contribution in [0.2, 0.25) is 0 Å². The fourth-order valence-electron chi connectivity index (χ4n) is 1.35. The summed E-state index contributed by atoms with van der Waals surface area (Å²) < 4.78 is 0. The van der Waals surface area contributed by atoms with Crippen LogP contribution in [0.15, 0.2) is 29.6 Å². The summed E-state index contributed by atoms with van der Waals surface area (Å²) in [6.07, 6.45) is 1.88. The number of aromatic nitrogens is 1. The van der Waals surface area contributed by atoms with E-state index in [0.717, 1.165) is 0 Å². The summed E-state index contributed by atoms with van der Waals surface area (Å²) in [7, 11) is 1.66. The molecule has 0 aliphatic heterocycles. The Morgan fingerprint density at radius 1 is 1.65 bits per heavy atom. The first-order valence-corrected chi connectivity index (χ1v) is 5.21. The number of nitrogens with zero attached hydrogens (tertiary/aromatic N) is 3. The van der Waals surface area contributed by atoms with Gasteiger partial charge in [-0.2, -0.15) is 0 Å². The molecule has 3 N–H and O–H groups in total. The molecule has 1 heterocycles. The third kappa shape index (κ3) is 3.44. The highest BCUT2D eigenvalue weighted by Gasteiger charge is 2.19. The van der Waals surface area contributed by atoms with Gasteiger partial charge in [0.15, 0.2) is 0 Å². The summed E-state index contributed by atoms with van der Waals surface area (Å²) >= 11 is 0. The zero-order valence-corrected chi connectivity index (χ0v) is 9.87. The lowest BCUT2D eigenvalue weighted by atomic mass is 10.2. The fraction of sp³-hybridized carbons (Fsp3) is 0.364. The standard InChI is InChI=1S/C11H16N4O2/c1-8(7-10(12)14-17)15(2)11(16)9-5-3-4-6-13-9/h3-6,8,17H,7H2,1-2H3,(H2,12,14). The number of amides is 1. The molecule has 17 heavy (non-hydrogen) atoms. The monoisotopic (exact) mass is 236 g/mol. The van der Waals surface area contributed by atoms with Crippen molar-refractivity contribution in [2.75, 3.05) is 7.05 Å². The number of pyridine rings is 1. The minimum Gasteiger partial charge on any atom is -0.409 e. The normalized spacial score (nSPS) is 13.2. The van der Waals surface area contributed by atoms with Crippen molar-refractivity contribution in [1.29, 1.82) is 0 Å². The molecule has 0 spiro atoms. The van der Waals surface area contributed by atoms with Gasteiger partial charge >= 0.3 is 0 Å². The molecule has 1 unspecified atom stereocenters. The largest absolute Gasteiger partial charge is 0.409 e. The molecule has 0 aliphatic rings. The van der Waals surface area contributed by atoms with Gasteiger partial charge in [-0.05, 0) is 19.1 Å². The van der Waals surface area contributed by atoms with Crippen molar-refractivity contribution < 1.29 is 10.0 Å². The first-order valence-electron chi connectivity index (χ1n) is 5.21. The first kappa shape index (κ1) is 13.0. The van der Waals surface area contributed by atoms with Crippen LogP contribution in [0.4, 0.5) is 0 Å². The Balaban J connectivity index is 2.70. The zero-order chi connectivity index (χ0) is 12.8. The van der Waals surface area contributed by atoms with Crippen LogP contribution in [0, 0.1) is 0 Å². The second-order valence-corrected chi connectivity index (χ2v) is 3.78. The lowest BCUT2D eigenvalue weighted by Gasteiger charge is -2.24. The Morgan fingerprint density at radius 2 is 2.35 bits per heavy atom. The molecule has 0 fully saturated rings. The SMILES string of the molecule is CC(CC(N)=NO)N(C)C(=O)c1ccccn1. The molecule has 92 valence electrons. The summed E-state index contributed by atoms with van der Waals surface area (Å²) in [6.45, 7) is 1.82. The molecule has 0 aliphatic carbocycles. The fourth-order valence-corrected chi connectivity index (χ4v) is 1.35. The van der Waals surface area contributed by atoms with E-state index in [4.69, 9.17) is 10.9 Å². The minimum atomic E-state index is -0.191. The number of hydrogen-bond acceptors (Lipinski definition) is 4. The van der Waals surface area contributed by atoms with Gasteiger partial charge in [-0.3, -0.25) is 9.78 Å². The average molecular weight is 236 g/mol. The maximum absolute atomic E-state index is 12.0. The average Bonchev–Trinajstić information content (AvgIpc) is 2.37. The molecule has 0 saturated heterocycles. The number of carbonyl (C=O) groups excluding carboxylic acids is 1. The van der Waals surface area contributed by atoms with Crippen LogP contribution in [0.5, 0.6) is 0 Å². The van der Waals surface area contributed by atoms with Gasteiger partial charge in [-0.1, -0.05) is 11.2 Å². The van der Waals surface area contributed by atoms with Gasteiger partial charge in [0.2, 0.25) is 0 Å².